The van der Waals surface area contributed by atoms with E-state index < -0.39 is 11.4 Å². The van der Waals surface area contributed by atoms with Crippen LogP contribution >= 0.6 is 15.9 Å². The molecule has 1 N–H and O–H groups in total. The summed E-state index contributed by atoms with van der Waals surface area (Å²) in [6.45, 7) is 2.61. The van der Waals surface area contributed by atoms with Gasteiger partial charge in [-0.25, -0.2) is 4.39 Å². The minimum absolute atomic E-state index is 0.430. The Morgan fingerprint density at radius 2 is 1.79 bits per heavy atom. The summed E-state index contributed by atoms with van der Waals surface area (Å²) in [6, 6.07) is 0. The maximum absolute atomic E-state index is 12.3. The van der Waals surface area contributed by atoms with E-state index in [1.165, 1.54) is 25.7 Å². The van der Waals surface area contributed by atoms with Crippen LogP contribution in [0.4, 0.5) is 4.39 Å². The zero-order valence-corrected chi connectivity index (χ0v) is 10.3. The Kier molecular flexibility index (Phi) is 10.1. The van der Waals surface area contributed by atoms with Gasteiger partial charge in [-0.1, -0.05) is 39.0 Å². The van der Waals surface area contributed by atoms with Crippen molar-refractivity contribution in [2.45, 2.75) is 56.8 Å². The molecule has 0 aliphatic rings. The first-order chi connectivity index (χ1) is 6.68. The molecule has 86 valence electrons. The van der Waals surface area contributed by atoms with Crippen molar-refractivity contribution in [3.63, 3.8) is 0 Å². The van der Waals surface area contributed by atoms with Gasteiger partial charge in [-0.05, 0) is 22.4 Å². The SMILES string of the molecule is CCCCCCCCOC(O)[C@H](F)Br. The number of unbranched alkanes of at least 4 members (excludes halogenated alkanes) is 5. The Balaban J connectivity index is 3.06. The smallest absolute Gasteiger partial charge is 0.205 e. The van der Waals surface area contributed by atoms with E-state index in [1.54, 1.807) is 0 Å². The van der Waals surface area contributed by atoms with Crippen LogP contribution < -0.4 is 0 Å². The van der Waals surface area contributed by atoms with Gasteiger partial charge in [-0.3, -0.25) is 0 Å². The number of aliphatic hydroxyl groups excluding tert-OH is 1. The second-order valence-electron chi connectivity index (χ2n) is 3.36. The van der Waals surface area contributed by atoms with Crippen molar-refractivity contribution in [3.05, 3.63) is 0 Å². The maximum atomic E-state index is 12.3. The highest BCUT2D eigenvalue weighted by molar-refractivity contribution is 9.09. The number of alkyl halides is 2. The number of hydrogen-bond donors (Lipinski definition) is 1. The monoisotopic (exact) mass is 270 g/mol. The summed E-state index contributed by atoms with van der Waals surface area (Å²) in [7, 11) is 0. The predicted molar refractivity (Wildman–Crippen MR) is 59.2 cm³/mol. The second-order valence-corrected chi connectivity index (χ2v) is 4.24. The molecule has 0 aliphatic heterocycles. The molecule has 0 fully saturated rings. The molecule has 0 radical (unpaired) electrons. The summed E-state index contributed by atoms with van der Waals surface area (Å²) < 4.78 is 17.2. The molecule has 0 aliphatic carbocycles. The van der Waals surface area contributed by atoms with E-state index in [0.29, 0.717) is 6.61 Å². The minimum Gasteiger partial charge on any atom is -0.365 e. The highest BCUT2D eigenvalue weighted by Gasteiger charge is 2.13. The summed E-state index contributed by atoms with van der Waals surface area (Å²) in [4.78, 5) is 0. The van der Waals surface area contributed by atoms with Crippen molar-refractivity contribution in [2.75, 3.05) is 6.61 Å². The van der Waals surface area contributed by atoms with Gasteiger partial charge in [0, 0.05) is 6.61 Å². The molecule has 0 aromatic heterocycles. The van der Waals surface area contributed by atoms with Gasteiger partial charge in [0.25, 0.3) is 0 Å². The third-order valence-electron chi connectivity index (χ3n) is 2.00. The van der Waals surface area contributed by atoms with Crippen molar-refractivity contribution in [1.29, 1.82) is 0 Å². The van der Waals surface area contributed by atoms with Crippen LogP contribution in [0.1, 0.15) is 45.4 Å². The van der Waals surface area contributed by atoms with Gasteiger partial charge < -0.3 is 9.84 Å². The zero-order chi connectivity index (χ0) is 10.8. The van der Waals surface area contributed by atoms with E-state index in [0.717, 1.165) is 12.8 Å². The first-order valence-corrected chi connectivity index (χ1v) is 6.18. The Hall–Kier alpha value is 0.330. The summed E-state index contributed by atoms with van der Waals surface area (Å²) in [5, 5.41) is 7.44. The quantitative estimate of drug-likeness (QED) is 0.396. The van der Waals surface area contributed by atoms with Crippen LogP contribution in [0.3, 0.4) is 0 Å². The van der Waals surface area contributed by atoms with E-state index in [1.807, 2.05) is 0 Å². The maximum Gasteiger partial charge on any atom is 0.205 e. The largest absolute Gasteiger partial charge is 0.365 e. The summed E-state index contributed by atoms with van der Waals surface area (Å²) >= 11 is 2.60. The molecular formula is C10H20BrFO2. The lowest BCUT2D eigenvalue weighted by Gasteiger charge is -2.11. The van der Waals surface area contributed by atoms with Gasteiger partial charge in [0.05, 0.1) is 0 Å². The van der Waals surface area contributed by atoms with E-state index in [9.17, 15) is 4.39 Å². The second kappa shape index (κ2) is 9.87. The first kappa shape index (κ1) is 14.3. The molecule has 0 saturated carbocycles. The standard InChI is InChI=1S/C10H20BrFO2/c1-2-3-4-5-6-7-8-14-10(13)9(11)12/h9-10,13H,2-8H2,1H3/t9-,10?/m0/s1. The normalized spacial score (nSPS) is 15.4. The lowest BCUT2D eigenvalue weighted by atomic mass is 10.1. The van der Waals surface area contributed by atoms with Crippen LogP contribution in [-0.2, 0) is 4.74 Å². The molecule has 0 saturated heterocycles. The highest BCUT2D eigenvalue weighted by Crippen LogP contribution is 2.10. The number of rotatable bonds is 9. The van der Waals surface area contributed by atoms with Crippen LogP contribution in [0, 0.1) is 0 Å². The average molecular weight is 271 g/mol. The van der Waals surface area contributed by atoms with Crippen molar-refractivity contribution in [3.8, 4) is 0 Å². The Morgan fingerprint density at radius 3 is 2.36 bits per heavy atom. The fourth-order valence-corrected chi connectivity index (χ4v) is 1.31. The predicted octanol–water partition coefficient (Wildman–Crippen LogP) is 3.37. The Bertz CT molecular complexity index is 123. The number of ether oxygens (including phenoxy) is 1. The Labute approximate surface area is 94.0 Å². The van der Waals surface area contributed by atoms with Gasteiger partial charge in [0.2, 0.25) is 5.08 Å². The van der Waals surface area contributed by atoms with Gasteiger partial charge in [0.1, 0.15) is 0 Å². The van der Waals surface area contributed by atoms with Crippen LogP contribution in [0.15, 0.2) is 0 Å². The molecular weight excluding hydrogens is 251 g/mol. The third kappa shape index (κ3) is 8.91. The molecule has 0 heterocycles. The fourth-order valence-electron chi connectivity index (χ4n) is 1.16. The molecule has 4 heteroatoms. The molecule has 0 spiro atoms. The van der Waals surface area contributed by atoms with Crippen LogP contribution in [-0.4, -0.2) is 23.1 Å². The number of halogens is 2. The highest BCUT2D eigenvalue weighted by atomic mass is 79.9. The van der Waals surface area contributed by atoms with Crippen molar-refractivity contribution >= 4 is 15.9 Å². The third-order valence-corrected chi connectivity index (χ3v) is 2.45. The van der Waals surface area contributed by atoms with Crippen molar-refractivity contribution < 1.29 is 14.2 Å². The summed E-state index contributed by atoms with van der Waals surface area (Å²) in [6.07, 6.45) is 5.61. The lowest BCUT2D eigenvalue weighted by molar-refractivity contribution is -0.118. The van der Waals surface area contributed by atoms with Gasteiger partial charge in [0.15, 0.2) is 6.29 Å². The van der Waals surface area contributed by atoms with Gasteiger partial charge in [-0.2, -0.15) is 0 Å². The van der Waals surface area contributed by atoms with Crippen molar-refractivity contribution in [2.24, 2.45) is 0 Å². The average Bonchev–Trinajstić information content (AvgIpc) is 2.16. The molecule has 0 aromatic carbocycles. The topological polar surface area (TPSA) is 29.5 Å². The molecule has 2 nitrogen and oxygen atoms in total. The van der Waals surface area contributed by atoms with Crippen LogP contribution in [0.25, 0.3) is 0 Å². The number of aliphatic hydroxyl groups is 1. The lowest BCUT2D eigenvalue weighted by Crippen LogP contribution is -2.20. The minimum atomic E-state index is -1.48. The molecule has 0 amide bonds. The van der Waals surface area contributed by atoms with Gasteiger partial charge in [-0.15, -0.1) is 0 Å². The molecule has 14 heavy (non-hydrogen) atoms. The summed E-state index contributed by atoms with van der Waals surface area (Å²) in [5.41, 5.74) is 0. The van der Waals surface area contributed by atoms with E-state index in [2.05, 4.69) is 22.9 Å². The molecule has 0 bridgehead atoms. The molecule has 2 atom stereocenters. The fraction of sp³-hybridized carbons (Fsp3) is 1.00. The molecule has 1 unspecified atom stereocenters. The Morgan fingerprint density at radius 1 is 1.21 bits per heavy atom. The van der Waals surface area contributed by atoms with E-state index in [-0.39, 0.29) is 0 Å². The first-order valence-electron chi connectivity index (χ1n) is 5.26. The number of hydrogen-bond acceptors (Lipinski definition) is 2. The van der Waals surface area contributed by atoms with Crippen LogP contribution in [0.5, 0.6) is 0 Å². The van der Waals surface area contributed by atoms with Crippen LogP contribution in [0.2, 0.25) is 0 Å². The van der Waals surface area contributed by atoms with E-state index >= 15 is 0 Å². The van der Waals surface area contributed by atoms with E-state index in [4.69, 9.17) is 9.84 Å². The molecule has 0 aromatic rings. The van der Waals surface area contributed by atoms with Gasteiger partial charge >= 0.3 is 0 Å². The zero-order valence-electron chi connectivity index (χ0n) is 8.72. The van der Waals surface area contributed by atoms with Crippen molar-refractivity contribution in [1.82, 2.24) is 0 Å². The molecule has 0 rings (SSSR count). The summed E-state index contributed by atoms with van der Waals surface area (Å²) in [5.74, 6) is 0.